The van der Waals surface area contributed by atoms with Crippen molar-refractivity contribution in [3.05, 3.63) is 35.4 Å². The van der Waals surface area contributed by atoms with Crippen molar-refractivity contribution in [1.29, 1.82) is 0 Å². The van der Waals surface area contributed by atoms with Crippen LogP contribution >= 0.6 is 0 Å². The zero-order valence-electron chi connectivity index (χ0n) is 10.4. The van der Waals surface area contributed by atoms with Crippen LogP contribution < -0.4 is 5.32 Å². The summed E-state index contributed by atoms with van der Waals surface area (Å²) in [6.07, 6.45) is -1.52. The van der Waals surface area contributed by atoms with E-state index in [1.165, 1.54) is 0 Å². The van der Waals surface area contributed by atoms with Gasteiger partial charge in [-0.2, -0.15) is 13.2 Å². The Kier molecular flexibility index (Phi) is 3.95. The largest absolute Gasteiger partial charge is 0.407 e. The number of benzene rings is 1. The molecule has 1 aromatic carbocycles. The van der Waals surface area contributed by atoms with Crippen LogP contribution in [0.1, 0.15) is 49.3 Å². The number of halogens is 3. The maximum Gasteiger partial charge on any atom is 0.407 e. The first-order valence-corrected chi connectivity index (χ1v) is 6.43. The number of alkyl halides is 3. The maximum atomic E-state index is 13.1. The molecule has 1 aliphatic rings. The lowest BCUT2D eigenvalue weighted by Crippen LogP contribution is -2.35. The van der Waals surface area contributed by atoms with Gasteiger partial charge in [-0.05, 0) is 42.9 Å². The van der Waals surface area contributed by atoms with Crippen LogP contribution in [0.15, 0.2) is 24.3 Å². The molecule has 1 aliphatic carbocycles. The summed E-state index contributed by atoms with van der Waals surface area (Å²) < 4.78 is 39.4. The van der Waals surface area contributed by atoms with E-state index in [2.05, 4.69) is 5.32 Å². The fraction of sp³-hybridized carbons (Fsp3) is 0.571. The lowest BCUT2D eigenvalue weighted by atomic mass is 9.96. The van der Waals surface area contributed by atoms with Gasteiger partial charge in [0.25, 0.3) is 0 Å². The van der Waals surface area contributed by atoms with Crippen molar-refractivity contribution in [3.63, 3.8) is 0 Å². The first-order chi connectivity index (χ1) is 8.54. The van der Waals surface area contributed by atoms with Crippen molar-refractivity contribution in [3.8, 4) is 0 Å². The lowest BCUT2D eigenvalue weighted by molar-refractivity contribution is -0.157. The molecule has 1 aromatic rings. The molecule has 1 saturated carbocycles. The molecule has 1 N–H and O–H groups in total. The molecule has 0 radical (unpaired) electrons. The first-order valence-electron chi connectivity index (χ1n) is 6.43. The molecule has 100 valence electrons. The van der Waals surface area contributed by atoms with Crippen molar-refractivity contribution in [2.24, 2.45) is 0 Å². The second-order valence-corrected chi connectivity index (χ2v) is 4.83. The van der Waals surface area contributed by atoms with E-state index in [1.54, 1.807) is 12.1 Å². The monoisotopic (exact) mass is 257 g/mol. The Bertz CT molecular complexity index is 396. The van der Waals surface area contributed by atoms with Crippen LogP contribution in [0.4, 0.5) is 13.2 Å². The third-order valence-corrected chi connectivity index (χ3v) is 3.25. The number of rotatable bonds is 5. The van der Waals surface area contributed by atoms with Gasteiger partial charge >= 0.3 is 6.18 Å². The Balaban J connectivity index is 2.29. The van der Waals surface area contributed by atoms with E-state index < -0.39 is 12.2 Å². The molecule has 1 unspecified atom stereocenters. The minimum absolute atomic E-state index is 0.328. The third-order valence-electron chi connectivity index (χ3n) is 3.25. The molecule has 1 fully saturated rings. The number of nitrogens with one attached hydrogen (secondary N) is 1. The zero-order chi connectivity index (χ0) is 13.2. The molecule has 2 rings (SSSR count). The molecular formula is C14H18F3N. The van der Waals surface area contributed by atoms with E-state index in [0.717, 1.165) is 18.4 Å². The van der Waals surface area contributed by atoms with Crippen molar-refractivity contribution in [2.45, 2.75) is 44.3 Å². The van der Waals surface area contributed by atoms with Gasteiger partial charge in [-0.1, -0.05) is 31.2 Å². The Morgan fingerprint density at radius 1 is 1.28 bits per heavy atom. The van der Waals surface area contributed by atoms with Crippen molar-refractivity contribution in [1.82, 2.24) is 5.32 Å². The van der Waals surface area contributed by atoms with Gasteiger partial charge in [0.1, 0.15) is 6.04 Å². The van der Waals surface area contributed by atoms with Crippen LogP contribution in [0.25, 0.3) is 0 Å². The summed E-state index contributed by atoms with van der Waals surface area (Å²) in [7, 11) is 0. The molecule has 18 heavy (non-hydrogen) atoms. The Labute approximate surface area is 105 Å². The molecule has 0 aromatic heterocycles. The third kappa shape index (κ3) is 3.05. The van der Waals surface area contributed by atoms with Crippen LogP contribution in [0.3, 0.4) is 0 Å². The van der Waals surface area contributed by atoms with E-state index in [0.29, 0.717) is 24.4 Å². The predicted octanol–water partition coefficient (Wildman–Crippen LogP) is 4.17. The summed E-state index contributed by atoms with van der Waals surface area (Å²) in [5.74, 6) is 0.328. The molecule has 0 saturated heterocycles. The van der Waals surface area contributed by atoms with Gasteiger partial charge in [-0.25, -0.2) is 0 Å². The molecule has 0 bridgehead atoms. The Hall–Kier alpha value is -1.03. The normalized spacial score (nSPS) is 17.8. The van der Waals surface area contributed by atoms with Crippen LogP contribution in [-0.2, 0) is 0 Å². The summed E-state index contributed by atoms with van der Waals surface area (Å²) >= 11 is 0. The average Bonchev–Trinajstić information content (AvgIpc) is 3.12. The minimum Gasteiger partial charge on any atom is -0.302 e. The van der Waals surface area contributed by atoms with Gasteiger partial charge in [0.05, 0.1) is 0 Å². The summed E-state index contributed by atoms with van der Waals surface area (Å²) in [6.45, 7) is 2.25. The van der Waals surface area contributed by atoms with Crippen LogP contribution in [0, 0.1) is 0 Å². The van der Waals surface area contributed by atoms with Gasteiger partial charge in [0, 0.05) is 0 Å². The van der Waals surface area contributed by atoms with Crippen LogP contribution in [-0.4, -0.2) is 12.7 Å². The average molecular weight is 257 g/mol. The van der Waals surface area contributed by atoms with E-state index >= 15 is 0 Å². The van der Waals surface area contributed by atoms with E-state index in [9.17, 15) is 13.2 Å². The highest BCUT2D eigenvalue weighted by Gasteiger charge is 2.42. The Morgan fingerprint density at radius 2 is 1.94 bits per heavy atom. The SMILES string of the molecule is CCCNC(c1ccccc1C1CC1)C(F)(F)F. The predicted molar refractivity (Wildman–Crippen MR) is 65.5 cm³/mol. The smallest absolute Gasteiger partial charge is 0.302 e. The van der Waals surface area contributed by atoms with E-state index in [4.69, 9.17) is 0 Å². The van der Waals surface area contributed by atoms with Gasteiger partial charge < -0.3 is 5.32 Å². The molecule has 0 aliphatic heterocycles. The second-order valence-electron chi connectivity index (χ2n) is 4.83. The van der Waals surface area contributed by atoms with Crippen molar-refractivity contribution >= 4 is 0 Å². The highest BCUT2D eigenvalue weighted by Crippen LogP contribution is 2.45. The summed E-state index contributed by atoms with van der Waals surface area (Å²) in [6, 6.07) is 5.42. The van der Waals surface area contributed by atoms with Gasteiger partial charge in [0.15, 0.2) is 0 Å². The zero-order valence-corrected chi connectivity index (χ0v) is 10.4. The summed E-state index contributed by atoms with van der Waals surface area (Å²) in [5.41, 5.74) is 1.27. The number of hydrogen-bond acceptors (Lipinski definition) is 1. The molecule has 0 amide bonds. The minimum atomic E-state index is -4.24. The van der Waals surface area contributed by atoms with Crippen molar-refractivity contribution < 1.29 is 13.2 Å². The fourth-order valence-corrected chi connectivity index (χ4v) is 2.23. The molecule has 1 atom stereocenters. The molecule has 0 heterocycles. The van der Waals surface area contributed by atoms with Gasteiger partial charge in [-0.3, -0.25) is 0 Å². The second kappa shape index (κ2) is 5.31. The quantitative estimate of drug-likeness (QED) is 0.835. The fourth-order valence-electron chi connectivity index (χ4n) is 2.23. The summed E-state index contributed by atoms with van der Waals surface area (Å²) in [5, 5.41) is 2.62. The van der Waals surface area contributed by atoms with E-state index in [-0.39, 0.29) is 0 Å². The van der Waals surface area contributed by atoms with Crippen molar-refractivity contribution in [2.75, 3.05) is 6.54 Å². The van der Waals surface area contributed by atoms with Crippen LogP contribution in [0.5, 0.6) is 0 Å². The number of hydrogen-bond donors (Lipinski definition) is 1. The molecular weight excluding hydrogens is 239 g/mol. The van der Waals surface area contributed by atoms with Gasteiger partial charge in [0.2, 0.25) is 0 Å². The molecule has 4 heteroatoms. The van der Waals surface area contributed by atoms with Gasteiger partial charge in [-0.15, -0.1) is 0 Å². The first kappa shape index (κ1) is 13.4. The molecule has 1 nitrogen and oxygen atoms in total. The van der Waals surface area contributed by atoms with E-state index in [1.807, 2.05) is 19.1 Å². The standard InChI is InChI=1S/C14H18F3N/c1-2-9-18-13(14(15,16)17)12-6-4-3-5-11(12)10-7-8-10/h3-6,10,13,18H,2,7-9H2,1H3. The summed E-state index contributed by atoms with van der Waals surface area (Å²) in [4.78, 5) is 0. The maximum absolute atomic E-state index is 13.1. The highest BCUT2D eigenvalue weighted by molar-refractivity contribution is 5.36. The lowest BCUT2D eigenvalue weighted by Gasteiger charge is -2.24. The highest BCUT2D eigenvalue weighted by atomic mass is 19.4. The van der Waals surface area contributed by atoms with Crippen LogP contribution in [0.2, 0.25) is 0 Å². The molecule has 0 spiro atoms. The Morgan fingerprint density at radius 3 is 2.50 bits per heavy atom. The topological polar surface area (TPSA) is 12.0 Å².